The van der Waals surface area contributed by atoms with Gasteiger partial charge in [-0.05, 0) is 44.4 Å². The van der Waals surface area contributed by atoms with Gasteiger partial charge >= 0.3 is 0 Å². The topological polar surface area (TPSA) is 67.1 Å². The van der Waals surface area contributed by atoms with E-state index >= 15 is 0 Å². The number of nitrogen functional groups attached to an aromatic ring is 1. The maximum absolute atomic E-state index is 5.65. The molecule has 0 radical (unpaired) electrons. The van der Waals surface area contributed by atoms with Crippen LogP contribution in [0.1, 0.15) is 63.3 Å². The second-order valence-corrected chi connectivity index (χ2v) is 6.68. The van der Waals surface area contributed by atoms with Crippen molar-refractivity contribution in [1.29, 1.82) is 0 Å². The van der Waals surface area contributed by atoms with Crippen LogP contribution < -0.4 is 16.2 Å². The normalized spacial score (nSPS) is 20.9. The summed E-state index contributed by atoms with van der Waals surface area (Å²) in [5.74, 6) is 9.04. The van der Waals surface area contributed by atoms with E-state index in [9.17, 15) is 0 Å². The average Bonchev–Trinajstić information content (AvgIpc) is 3.27. The summed E-state index contributed by atoms with van der Waals surface area (Å²) >= 11 is 0. The van der Waals surface area contributed by atoms with Gasteiger partial charge in [0.25, 0.3) is 0 Å². The van der Waals surface area contributed by atoms with Crippen LogP contribution in [0.15, 0.2) is 0 Å². The molecule has 1 aromatic rings. The van der Waals surface area contributed by atoms with Crippen molar-refractivity contribution in [1.82, 2.24) is 9.97 Å². The van der Waals surface area contributed by atoms with Gasteiger partial charge < -0.3 is 10.3 Å². The summed E-state index contributed by atoms with van der Waals surface area (Å²) in [6.07, 6.45) is 6.15. The van der Waals surface area contributed by atoms with Crippen molar-refractivity contribution in [2.75, 3.05) is 23.4 Å². The quantitative estimate of drug-likeness (QED) is 0.644. The highest BCUT2D eigenvalue weighted by Gasteiger charge is 2.37. The fraction of sp³-hybridized carbons (Fsp3) is 0.750. The van der Waals surface area contributed by atoms with E-state index in [0.717, 1.165) is 36.1 Å². The second kappa shape index (κ2) is 5.44. The van der Waals surface area contributed by atoms with Crippen LogP contribution in [0.2, 0.25) is 0 Å². The lowest BCUT2D eigenvalue weighted by atomic mass is 9.82. The predicted molar refractivity (Wildman–Crippen MR) is 86.4 cm³/mol. The van der Waals surface area contributed by atoms with Crippen molar-refractivity contribution in [2.24, 2.45) is 11.3 Å². The highest BCUT2D eigenvalue weighted by Crippen LogP contribution is 2.42. The minimum atomic E-state index is 0.452. The molecule has 1 aliphatic carbocycles. The van der Waals surface area contributed by atoms with Crippen LogP contribution in [-0.2, 0) is 0 Å². The van der Waals surface area contributed by atoms with Gasteiger partial charge in [0.2, 0.25) is 0 Å². The van der Waals surface area contributed by atoms with Gasteiger partial charge in [0, 0.05) is 24.6 Å². The Hall–Kier alpha value is -1.36. The van der Waals surface area contributed by atoms with Gasteiger partial charge in [0.1, 0.15) is 17.5 Å². The molecule has 0 bridgehead atoms. The first-order chi connectivity index (χ1) is 10.1. The first-order valence-electron chi connectivity index (χ1n) is 8.22. The van der Waals surface area contributed by atoms with Gasteiger partial charge in [-0.2, -0.15) is 0 Å². The lowest BCUT2D eigenvalue weighted by Gasteiger charge is -2.27. The Balaban J connectivity index is 1.93. The lowest BCUT2D eigenvalue weighted by Crippen LogP contribution is -2.28. The van der Waals surface area contributed by atoms with E-state index in [0.29, 0.717) is 11.3 Å². The van der Waals surface area contributed by atoms with E-state index in [4.69, 9.17) is 10.8 Å². The van der Waals surface area contributed by atoms with E-state index in [1.807, 2.05) is 0 Å². The molecule has 2 heterocycles. The number of hydrogen-bond acceptors (Lipinski definition) is 5. The Morgan fingerprint density at radius 2 is 2.00 bits per heavy atom. The number of hydrazine groups is 1. The van der Waals surface area contributed by atoms with Gasteiger partial charge in [-0.1, -0.05) is 13.8 Å². The highest BCUT2D eigenvalue weighted by atomic mass is 15.3. The maximum atomic E-state index is 5.65. The molecule has 0 atom stereocenters. The molecular weight excluding hydrogens is 262 g/mol. The Bertz CT molecular complexity index is 520. The first kappa shape index (κ1) is 14.6. The Labute approximate surface area is 127 Å². The predicted octanol–water partition coefficient (Wildman–Crippen LogP) is 2.96. The van der Waals surface area contributed by atoms with Gasteiger partial charge in [0.05, 0.1) is 0 Å². The molecule has 1 aromatic heterocycles. The number of nitrogens with one attached hydrogen (secondary N) is 1. The zero-order valence-electron chi connectivity index (χ0n) is 13.4. The molecule has 0 spiro atoms. The van der Waals surface area contributed by atoms with Crippen molar-refractivity contribution in [3.05, 3.63) is 11.4 Å². The molecule has 1 aliphatic heterocycles. The third kappa shape index (κ3) is 2.59. The molecule has 116 valence electrons. The second-order valence-electron chi connectivity index (χ2n) is 6.68. The van der Waals surface area contributed by atoms with E-state index in [2.05, 4.69) is 36.1 Å². The SMILES string of the molecule is CCC1(CC)CCN(c2nc(C3CC3)nc(NN)c2C)C1. The van der Waals surface area contributed by atoms with Crippen molar-refractivity contribution in [3.63, 3.8) is 0 Å². The van der Waals surface area contributed by atoms with Crippen molar-refractivity contribution in [3.8, 4) is 0 Å². The zero-order valence-corrected chi connectivity index (χ0v) is 13.4. The van der Waals surface area contributed by atoms with Crippen LogP contribution >= 0.6 is 0 Å². The van der Waals surface area contributed by atoms with Crippen molar-refractivity contribution >= 4 is 11.6 Å². The molecular formula is C16H27N5. The van der Waals surface area contributed by atoms with Gasteiger partial charge in [-0.25, -0.2) is 15.8 Å². The monoisotopic (exact) mass is 289 g/mol. The summed E-state index contributed by atoms with van der Waals surface area (Å²) in [6, 6.07) is 0. The van der Waals surface area contributed by atoms with E-state index < -0.39 is 0 Å². The molecule has 1 saturated carbocycles. The summed E-state index contributed by atoms with van der Waals surface area (Å²) < 4.78 is 0. The Morgan fingerprint density at radius 1 is 1.29 bits per heavy atom. The van der Waals surface area contributed by atoms with Gasteiger partial charge in [0.15, 0.2) is 0 Å². The van der Waals surface area contributed by atoms with Crippen LogP contribution in [0.3, 0.4) is 0 Å². The minimum Gasteiger partial charge on any atom is -0.356 e. The van der Waals surface area contributed by atoms with E-state index in [1.54, 1.807) is 0 Å². The smallest absolute Gasteiger partial charge is 0.148 e. The first-order valence-corrected chi connectivity index (χ1v) is 8.22. The number of nitrogens with zero attached hydrogens (tertiary/aromatic N) is 3. The lowest BCUT2D eigenvalue weighted by molar-refractivity contribution is 0.301. The average molecular weight is 289 g/mol. The molecule has 2 aliphatic rings. The summed E-state index contributed by atoms with van der Waals surface area (Å²) in [4.78, 5) is 11.9. The summed E-state index contributed by atoms with van der Waals surface area (Å²) in [6.45, 7) is 8.88. The molecule has 0 unspecified atom stereocenters. The fourth-order valence-electron chi connectivity index (χ4n) is 3.44. The number of anilines is 2. The molecule has 3 N–H and O–H groups in total. The molecule has 3 rings (SSSR count). The third-order valence-corrected chi connectivity index (χ3v) is 5.45. The molecule has 0 amide bonds. The standard InChI is InChI=1S/C16H27N5/c1-4-16(5-2)8-9-21(10-16)15-11(3)13(20-17)18-14(19-15)12-6-7-12/h12H,4-10,17H2,1-3H3,(H,18,19,20). The van der Waals surface area contributed by atoms with Crippen molar-refractivity contribution < 1.29 is 0 Å². The van der Waals surface area contributed by atoms with Crippen LogP contribution in [0.4, 0.5) is 11.6 Å². The van der Waals surface area contributed by atoms with Crippen LogP contribution in [0, 0.1) is 12.3 Å². The van der Waals surface area contributed by atoms with E-state index in [-0.39, 0.29) is 0 Å². The van der Waals surface area contributed by atoms with Crippen molar-refractivity contribution in [2.45, 2.75) is 58.8 Å². The summed E-state index contributed by atoms with van der Waals surface area (Å²) in [5.41, 5.74) is 4.28. The molecule has 2 fully saturated rings. The number of rotatable bonds is 5. The summed E-state index contributed by atoms with van der Waals surface area (Å²) in [5, 5.41) is 0. The minimum absolute atomic E-state index is 0.452. The highest BCUT2D eigenvalue weighted by molar-refractivity contribution is 5.59. The molecule has 21 heavy (non-hydrogen) atoms. The molecule has 5 nitrogen and oxygen atoms in total. The zero-order chi connectivity index (χ0) is 15.0. The molecule has 1 saturated heterocycles. The summed E-state index contributed by atoms with van der Waals surface area (Å²) in [7, 11) is 0. The number of nitrogens with two attached hydrogens (primary N) is 1. The fourth-order valence-corrected chi connectivity index (χ4v) is 3.44. The van der Waals surface area contributed by atoms with Crippen LogP contribution in [-0.4, -0.2) is 23.1 Å². The van der Waals surface area contributed by atoms with Gasteiger partial charge in [-0.15, -0.1) is 0 Å². The van der Waals surface area contributed by atoms with E-state index in [1.165, 1.54) is 32.1 Å². The van der Waals surface area contributed by atoms with Gasteiger partial charge in [-0.3, -0.25) is 0 Å². The Kier molecular flexibility index (Phi) is 3.78. The third-order valence-electron chi connectivity index (χ3n) is 5.45. The number of aromatic nitrogens is 2. The number of hydrogen-bond donors (Lipinski definition) is 2. The Morgan fingerprint density at radius 3 is 2.52 bits per heavy atom. The van der Waals surface area contributed by atoms with Crippen LogP contribution in [0.25, 0.3) is 0 Å². The van der Waals surface area contributed by atoms with Crippen LogP contribution in [0.5, 0.6) is 0 Å². The molecule has 0 aromatic carbocycles. The largest absolute Gasteiger partial charge is 0.356 e. The maximum Gasteiger partial charge on any atom is 0.148 e. The molecule has 5 heteroatoms.